The lowest BCUT2D eigenvalue weighted by Crippen LogP contribution is -2.33. The zero-order chi connectivity index (χ0) is 17.3. The number of imidazole rings is 1. The van der Waals surface area contributed by atoms with Gasteiger partial charge in [-0.1, -0.05) is 12.2 Å². The second kappa shape index (κ2) is 6.81. The zero-order valence-electron chi connectivity index (χ0n) is 13.5. The van der Waals surface area contributed by atoms with Crippen molar-refractivity contribution in [2.45, 2.75) is 31.5 Å². The molecule has 2 aromatic rings. The Morgan fingerprint density at radius 1 is 1.29 bits per heavy atom. The summed E-state index contributed by atoms with van der Waals surface area (Å²) >= 11 is 0. The highest BCUT2D eigenvalue weighted by Gasteiger charge is 2.44. The van der Waals surface area contributed by atoms with Crippen molar-refractivity contribution >= 4 is 17.0 Å². The molecule has 0 aromatic carbocycles. The van der Waals surface area contributed by atoms with Gasteiger partial charge in [-0.25, -0.2) is 15.0 Å². The molecule has 1 aliphatic rings. The molecule has 3 rings (SSSR count). The highest BCUT2D eigenvalue weighted by Crippen LogP contribution is 2.32. The molecule has 3 heterocycles. The van der Waals surface area contributed by atoms with E-state index < -0.39 is 24.5 Å². The molecule has 3 N–H and O–H groups in total. The highest BCUT2D eigenvalue weighted by molar-refractivity contribution is 5.83. The number of aliphatic hydroxyl groups is 3. The minimum absolute atomic E-state index is 0.381. The SMILES string of the molecule is C/C=C/CN(C)c1ncnc2c1ncn2[C@@H]1O[C@H](CO)[C@@H](O)[C@H]1O. The van der Waals surface area contributed by atoms with Crippen LogP contribution in [0.1, 0.15) is 13.2 Å². The molecule has 1 fully saturated rings. The summed E-state index contributed by atoms with van der Waals surface area (Å²) in [4.78, 5) is 14.8. The molecule has 130 valence electrons. The third-order valence-electron chi connectivity index (χ3n) is 4.11. The van der Waals surface area contributed by atoms with E-state index in [1.165, 1.54) is 12.7 Å². The molecule has 0 saturated carbocycles. The Kier molecular flexibility index (Phi) is 4.76. The summed E-state index contributed by atoms with van der Waals surface area (Å²) < 4.78 is 7.09. The van der Waals surface area contributed by atoms with Crippen LogP contribution in [-0.4, -0.2) is 73.3 Å². The Bertz CT molecular complexity index is 734. The maximum atomic E-state index is 10.2. The summed E-state index contributed by atoms with van der Waals surface area (Å²) in [6.45, 7) is 2.23. The standard InChI is InChI=1S/C15H21N5O4/c1-3-4-5-19(2)13-10-14(17-7-16-13)20(8-18-10)15-12(23)11(22)9(6-21)24-15/h3-4,7-9,11-12,15,21-23H,5-6H2,1-2H3/b4-3+/t9-,11-,12-,15-/m1/s1. The first-order chi connectivity index (χ1) is 11.6. The number of anilines is 1. The van der Waals surface area contributed by atoms with Gasteiger partial charge in [0.15, 0.2) is 23.2 Å². The lowest BCUT2D eigenvalue weighted by atomic mass is 10.1. The van der Waals surface area contributed by atoms with Gasteiger partial charge in [-0.2, -0.15) is 0 Å². The minimum atomic E-state index is -1.18. The average Bonchev–Trinajstić information content (AvgIpc) is 3.14. The molecule has 0 bridgehead atoms. The quantitative estimate of drug-likeness (QED) is 0.623. The van der Waals surface area contributed by atoms with Gasteiger partial charge in [0.2, 0.25) is 0 Å². The minimum Gasteiger partial charge on any atom is -0.394 e. The first-order valence-electron chi connectivity index (χ1n) is 7.70. The van der Waals surface area contributed by atoms with Crippen LogP contribution in [0.4, 0.5) is 5.82 Å². The first-order valence-corrected chi connectivity index (χ1v) is 7.70. The number of hydrogen-bond donors (Lipinski definition) is 3. The topological polar surface area (TPSA) is 117 Å². The number of aromatic nitrogens is 4. The summed E-state index contributed by atoms with van der Waals surface area (Å²) in [7, 11) is 1.90. The van der Waals surface area contributed by atoms with E-state index in [9.17, 15) is 15.3 Å². The van der Waals surface area contributed by atoms with Crippen LogP contribution in [0.5, 0.6) is 0 Å². The van der Waals surface area contributed by atoms with E-state index in [2.05, 4.69) is 15.0 Å². The summed E-state index contributed by atoms with van der Waals surface area (Å²) in [5, 5.41) is 29.3. The fraction of sp³-hybridized carbons (Fsp3) is 0.533. The number of hydrogen-bond acceptors (Lipinski definition) is 8. The largest absolute Gasteiger partial charge is 0.394 e. The van der Waals surface area contributed by atoms with E-state index in [1.54, 1.807) is 4.57 Å². The molecular formula is C15H21N5O4. The van der Waals surface area contributed by atoms with Crippen molar-refractivity contribution in [3.8, 4) is 0 Å². The van der Waals surface area contributed by atoms with Crippen LogP contribution in [-0.2, 0) is 4.74 Å². The number of likely N-dealkylation sites (N-methyl/N-ethyl adjacent to an activating group) is 1. The lowest BCUT2D eigenvalue weighted by Gasteiger charge is -2.18. The van der Waals surface area contributed by atoms with Crippen molar-refractivity contribution in [2.75, 3.05) is 25.1 Å². The van der Waals surface area contributed by atoms with E-state index in [-0.39, 0.29) is 6.61 Å². The van der Waals surface area contributed by atoms with Gasteiger partial charge in [-0.05, 0) is 6.92 Å². The summed E-state index contributed by atoms with van der Waals surface area (Å²) in [5.41, 5.74) is 1.06. The summed E-state index contributed by atoms with van der Waals surface area (Å²) in [5.74, 6) is 0.656. The Balaban J connectivity index is 1.97. The molecule has 1 aliphatic heterocycles. The fourth-order valence-corrected chi connectivity index (χ4v) is 2.76. The van der Waals surface area contributed by atoms with Gasteiger partial charge in [-0.15, -0.1) is 0 Å². The molecule has 9 heteroatoms. The first kappa shape index (κ1) is 16.8. The molecule has 1 saturated heterocycles. The summed E-state index contributed by atoms with van der Waals surface area (Å²) in [6.07, 6.45) is 2.79. The monoisotopic (exact) mass is 335 g/mol. The number of allylic oxidation sites excluding steroid dienone is 1. The number of fused-ring (bicyclic) bond motifs is 1. The van der Waals surface area contributed by atoms with Crippen molar-refractivity contribution in [2.24, 2.45) is 0 Å². The smallest absolute Gasteiger partial charge is 0.167 e. The second-order valence-corrected chi connectivity index (χ2v) is 5.70. The third-order valence-corrected chi connectivity index (χ3v) is 4.11. The van der Waals surface area contributed by atoms with Gasteiger partial charge in [0.25, 0.3) is 0 Å². The number of aliphatic hydroxyl groups excluding tert-OH is 3. The van der Waals surface area contributed by atoms with Crippen molar-refractivity contribution in [3.63, 3.8) is 0 Å². The molecule has 0 spiro atoms. The van der Waals surface area contributed by atoms with Crippen LogP contribution in [0.3, 0.4) is 0 Å². The zero-order valence-corrected chi connectivity index (χ0v) is 13.5. The maximum Gasteiger partial charge on any atom is 0.167 e. The Hall–Kier alpha value is -2.07. The van der Waals surface area contributed by atoms with Crippen molar-refractivity contribution in [1.82, 2.24) is 19.5 Å². The molecule has 24 heavy (non-hydrogen) atoms. The van der Waals surface area contributed by atoms with Gasteiger partial charge in [-0.3, -0.25) is 4.57 Å². The van der Waals surface area contributed by atoms with Gasteiger partial charge >= 0.3 is 0 Å². The van der Waals surface area contributed by atoms with Crippen molar-refractivity contribution in [1.29, 1.82) is 0 Å². The van der Waals surface area contributed by atoms with Crippen LogP contribution in [0, 0.1) is 0 Å². The lowest BCUT2D eigenvalue weighted by molar-refractivity contribution is -0.0511. The van der Waals surface area contributed by atoms with Crippen molar-refractivity contribution in [3.05, 3.63) is 24.8 Å². The molecule has 0 amide bonds. The van der Waals surface area contributed by atoms with Crippen LogP contribution in [0.15, 0.2) is 24.8 Å². The van der Waals surface area contributed by atoms with Gasteiger partial charge in [0, 0.05) is 13.6 Å². The maximum absolute atomic E-state index is 10.2. The van der Waals surface area contributed by atoms with Crippen LogP contribution >= 0.6 is 0 Å². The predicted molar refractivity (Wildman–Crippen MR) is 86.4 cm³/mol. The third kappa shape index (κ3) is 2.75. The molecule has 2 aromatic heterocycles. The Labute approximate surface area is 138 Å². The van der Waals surface area contributed by atoms with Crippen LogP contribution in [0.2, 0.25) is 0 Å². The van der Waals surface area contributed by atoms with Crippen LogP contribution in [0.25, 0.3) is 11.2 Å². The number of rotatable bonds is 5. The normalized spacial score (nSPS) is 27.4. The molecule has 0 unspecified atom stereocenters. The van der Waals surface area contributed by atoms with Gasteiger partial charge < -0.3 is 25.0 Å². The summed E-state index contributed by atoms with van der Waals surface area (Å²) in [6, 6.07) is 0. The van der Waals surface area contributed by atoms with Crippen molar-refractivity contribution < 1.29 is 20.1 Å². The average molecular weight is 335 g/mol. The fourth-order valence-electron chi connectivity index (χ4n) is 2.76. The van der Waals surface area contributed by atoms with Crippen LogP contribution < -0.4 is 4.90 Å². The molecule has 4 atom stereocenters. The van der Waals surface area contributed by atoms with E-state index in [0.717, 1.165) is 0 Å². The van der Waals surface area contributed by atoms with E-state index in [1.807, 2.05) is 31.0 Å². The van der Waals surface area contributed by atoms with E-state index >= 15 is 0 Å². The van der Waals surface area contributed by atoms with E-state index in [4.69, 9.17) is 4.74 Å². The molecule has 9 nitrogen and oxygen atoms in total. The molecular weight excluding hydrogens is 314 g/mol. The molecule has 0 aliphatic carbocycles. The number of ether oxygens (including phenoxy) is 1. The second-order valence-electron chi connectivity index (χ2n) is 5.70. The highest BCUT2D eigenvalue weighted by atomic mass is 16.6. The Morgan fingerprint density at radius 2 is 2.08 bits per heavy atom. The van der Waals surface area contributed by atoms with Gasteiger partial charge in [0.05, 0.1) is 12.9 Å². The van der Waals surface area contributed by atoms with E-state index in [0.29, 0.717) is 23.5 Å². The predicted octanol–water partition coefficient (Wildman–Crippen LogP) is -0.550. The molecule has 0 radical (unpaired) electrons. The Morgan fingerprint density at radius 3 is 2.75 bits per heavy atom. The van der Waals surface area contributed by atoms with Gasteiger partial charge in [0.1, 0.15) is 24.6 Å². The number of nitrogens with zero attached hydrogens (tertiary/aromatic N) is 5.